The Morgan fingerprint density at radius 2 is 2.10 bits per heavy atom. The highest BCUT2D eigenvalue weighted by atomic mass is 16.5. The van der Waals surface area contributed by atoms with Crippen LogP contribution in [0.2, 0.25) is 0 Å². The average molecular weight is 271 g/mol. The van der Waals surface area contributed by atoms with Crippen molar-refractivity contribution in [3.05, 3.63) is 46.4 Å². The highest BCUT2D eigenvalue weighted by molar-refractivity contribution is 5.86. The third kappa shape index (κ3) is 1.76. The van der Waals surface area contributed by atoms with Gasteiger partial charge in [-0.2, -0.15) is 9.61 Å². The maximum Gasteiger partial charge on any atom is 0.356 e. The summed E-state index contributed by atoms with van der Waals surface area (Å²) in [4.78, 5) is 27.5. The lowest BCUT2D eigenvalue weighted by atomic mass is 10.2. The van der Waals surface area contributed by atoms with Crippen LogP contribution in [0.3, 0.4) is 0 Å². The van der Waals surface area contributed by atoms with Gasteiger partial charge < -0.3 is 9.84 Å². The molecule has 100 valence electrons. The van der Waals surface area contributed by atoms with E-state index in [1.165, 1.54) is 19.2 Å². The largest absolute Gasteiger partial charge is 0.497 e. The number of rotatable bonds is 2. The molecule has 0 spiro atoms. The van der Waals surface area contributed by atoms with Crippen LogP contribution in [-0.2, 0) is 0 Å². The van der Waals surface area contributed by atoms with E-state index in [0.717, 1.165) is 4.52 Å². The summed E-state index contributed by atoms with van der Waals surface area (Å²) >= 11 is 0. The summed E-state index contributed by atoms with van der Waals surface area (Å²) in [6.45, 7) is 0. The Hall–Kier alpha value is -2.96. The van der Waals surface area contributed by atoms with Crippen LogP contribution in [-0.4, -0.2) is 32.8 Å². The van der Waals surface area contributed by atoms with E-state index in [1.807, 2.05) is 0 Å². The van der Waals surface area contributed by atoms with E-state index in [0.29, 0.717) is 16.7 Å². The minimum atomic E-state index is -1.20. The van der Waals surface area contributed by atoms with Gasteiger partial charge >= 0.3 is 5.97 Å². The lowest BCUT2D eigenvalue weighted by Crippen LogP contribution is -2.20. The molecular weight excluding hydrogens is 262 g/mol. The zero-order chi connectivity index (χ0) is 14.3. The van der Waals surface area contributed by atoms with Crippen LogP contribution in [0.5, 0.6) is 5.75 Å². The number of carboxylic acid groups (broad SMARTS) is 1. The molecule has 7 nitrogen and oxygen atoms in total. The normalized spacial score (nSPS) is 10.8. The summed E-state index contributed by atoms with van der Waals surface area (Å²) in [5.74, 6) is -0.685. The van der Waals surface area contributed by atoms with Crippen molar-refractivity contribution < 1.29 is 14.6 Å². The average Bonchev–Trinajstić information content (AvgIpc) is 2.47. The molecule has 7 heteroatoms. The van der Waals surface area contributed by atoms with Crippen molar-refractivity contribution in [2.24, 2.45) is 0 Å². The van der Waals surface area contributed by atoms with Crippen LogP contribution in [0.1, 0.15) is 10.5 Å². The molecule has 0 saturated carbocycles. The summed E-state index contributed by atoms with van der Waals surface area (Å²) in [6.07, 6.45) is 0. The molecule has 1 N–H and O–H groups in total. The zero-order valence-corrected chi connectivity index (χ0v) is 10.4. The molecule has 3 aromatic rings. The van der Waals surface area contributed by atoms with Gasteiger partial charge in [0, 0.05) is 0 Å². The standard InChI is InChI=1S/C13H9N3O4/c1-20-7-2-3-9-8(6-7)12(17)16-11(14-9)5-4-10(15-16)13(18)19/h2-6H,1H3,(H,18,19). The van der Waals surface area contributed by atoms with Crippen molar-refractivity contribution in [1.82, 2.24) is 14.6 Å². The fourth-order valence-electron chi connectivity index (χ4n) is 1.91. The van der Waals surface area contributed by atoms with Crippen molar-refractivity contribution in [2.75, 3.05) is 7.11 Å². The third-order valence-electron chi connectivity index (χ3n) is 2.90. The van der Waals surface area contributed by atoms with E-state index in [2.05, 4.69) is 10.1 Å². The summed E-state index contributed by atoms with van der Waals surface area (Å²) < 4.78 is 6.04. The van der Waals surface area contributed by atoms with Gasteiger partial charge in [-0.15, -0.1) is 0 Å². The first kappa shape index (κ1) is 12.1. The van der Waals surface area contributed by atoms with E-state index in [9.17, 15) is 9.59 Å². The topological polar surface area (TPSA) is 93.8 Å². The smallest absolute Gasteiger partial charge is 0.356 e. The predicted molar refractivity (Wildman–Crippen MR) is 70.3 cm³/mol. The van der Waals surface area contributed by atoms with Gasteiger partial charge in [0.1, 0.15) is 5.75 Å². The SMILES string of the molecule is COc1ccc2nc3ccc(C(=O)O)nn3c(=O)c2c1. The summed E-state index contributed by atoms with van der Waals surface area (Å²) in [5, 5.41) is 13.0. The van der Waals surface area contributed by atoms with Crippen LogP contribution >= 0.6 is 0 Å². The van der Waals surface area contributed by atoms with Gasteiger partial charge in [-0.25, -0.2) is 9.78 Å². The Morgan fingerprint density at radius 1 is 1.30 bits per heavy atom. The van der Waals surface area contributed by atoms with Crippen molar-refractivity contribution in [3.8, 4) is 5.75 Å². The molecule has 2 heterocycles. The zero-order valence-electron chi connectivity index (χ0n) is 10.4. The molecule has 0 unspecified atom stereocenters. The summed E-state index contributed by atoms with van der Waals surface area (Å²) in [7, 11) is 1.49. The number of hydrogen-bond donors (Lipinski definition) is 1. The molecule has 0 atom stereocenters. The van der Waals surface area contributed by atoms with E-state index in [1.54, 1.807) is 18.2 Å². The molecule has 3 rings (SSSR count). The number of ether oxygens (including phenoxy) is 1. The van der Waals surface area contributed by atoms with E-state index >= 15 is 0 Å². The molecule has 0 aliphatic rings. The predicted octanol–water partition coefficient (Wildman–Crippen LogP) is 0.950. The van der Waals surface area contributed by atoms with Crippen LogP contribution < -0.4 is 10.3 Å². The molecule has 2 aromatic heterocycles. The van der Waals surface area contributed by atoms with Gasteiger partial charge in [-0.1, -0.05) is 0 Å². The van der Waals surface area contributed by atoms with Crippen LogP contribution in [0.25, 0.3) is 16.6 Å². The minimum Gasteiger partial charge on any atom is -0.497 e. The maximum absolute atomic E-state index is 12.3. The van der Waals surface area contributed by atoms with Gasteiger partial charge in [0.15, 0.2) is 11.3 Å². The van der Waals surface area contributed by atoms with Crippen molar-refractivity contribution in [1.29, 1.82) is 0 Å². The molecule has 0 radical (unpaired) electrons. The molecule has 0 saturated heterocycles. The van der Waals surface area contributed by atoms with E-state index in [-0.39, 0.29) is 11.3 Å². The van der Waals surface area contributed by atoms with Crippen LogP contribution in [0.4, 0.5) is 0 Å². The number of aromatic nitrogens is 3. The molecule has 20 heavy (non-hydrogen) atoms. The van der Waals surface area contributed by atoms with Gasteiger partial charge in [0.05, 0.1) is 18.0 Å². The number of hydrogen-bond acceptors (Lipinski definition) is 5. The van der Waals surface area contributed by atoms with E-state index < -0.39 is 11.5 Å². The van der Waals surface area contributed by atoms with Gasteiger partial charge in [0.2, 0.25) is 0 Å². The fraction of sp³-hybridized carbons (Fsp3) is 0.0769. The Balaban J connectivity index is 2.42. The number of carbonyl (C=O) groups is 1. The van der Waals surface area contributed by atoms with Gasteiger partial charge in [-0.05, 0) is 30.3 Å². The summed E-state index contributed by atoms with van der Waals surface area (Å²) in [6, 6.07) is 7.66. The maximum atomic E-state index is 12.3. The first-order valence-electron chi connectivity index (χ1n) is 5.71. The Labute approximate surface area is 112 Å². The first-order valence-corrected chi connectivity index (χ1v) is 5.71. The number of carboxylic acids is 1. The van der Waals surface area contributed by atoms with Gasteiger partial charge in [0.25, 0.3) is 5.56 Å². The monoisotopic (exact) mass is 271 g/mol. The second kappa shape index (κ2) is 4.30. The van der Waals surface area contributed by atoms with E-state index in [4.69, 9.17) is 9.84 Å². The third-order valence-corrected chi connectivity index (χ3v) is 2.90. The fourth-order valence-corrected chi connectivity index (χ4v) is 1.91. The Morgan fingerprint density at radius 3 is 2.80 bits per heavy atom. The molecule has 0 aliphatic heterocycles. The first-order chi connectivity index (χ1) is 9.60. The van der Waals surface area contributed by atoms with Crippen LogP contribution in [0, 0.1) is 0 Å². The number of methoxy groups -OCH3 is 1. The quantitative estimate of drug-likeness (QED) is 0.697. The molecular formula is C13H9N3O4. The van der Waals surface area contributed by atoms with Crippen molar-refractivity contribution in [2.45, 2.75) is 0 Å². The van der Waals surface area contributed by atoms with Crippen molar-refractivity contribution in [3.63, 3.8) is 0 Å². The van der Waals surface area contributed by atoms with Crippen molar-refractivity contribution >= 4 is 22.5 Å². The lowest BCUT2D eigenvalue weighted by molar-refractivity contribution is 0.0688. The highest BCUT2D eigenvalue weighted by Crippen LogP contribution is 2.16. The summed E-state index contributed by atoms with van der Waals surface area (Å²) in [5.41, 5.74) is 0.133. The minimum absolute atomic E-state index is 0.219. The molecule has 0 bridgehead atoms. The highest BCUT2D eigenvalue weighted by Gasteiger charge is 2.11. The number of nitrogens with zero attached hydrogens (tertiary/aromatic N) is 3. The number of benzene rings is 1. The number of fused-ring (bicyclic) bond motifs is 2. The number of aromatic carboxylic acids is 1. The van der Waals surface area contributed by atoms with Gasteiger partial charge in [-0.3, -0.25) is 4.79 Å². The second-order valence-corrected chi connectivity index (χ2v) is 4.09. The molecule has 0 aliphatic carbocycles. The molecule has 0 amide bonds. The Kier molecular flexibility index (Phi) is 2.60. The van der Waals surface area contributed by atoms with Crippen LogP contribution in [0.15, 0.2) is 35.1 Å². The molecule has 1 aromatic carbocycles. The second-order valence-electron chi connectivity index (χ2n) is 4.09. The Bertz CT molecular complexity index is 901. The lowest BCUT2D eigenvalue weighted by Gasteiger charge is -2.04. The molecule has 0 fully saturated rings.